The van der Waals surface area contributed by atoms with Crippen LogP contribution in [0.25, 0.3) is 0 Å². The van der Waals surface area contributed by atoms with Gasteiger partial charge in [0.1, 0.15) is 0 Å². The highest BCUT2D eigenvalue weighted by Gasteiger charge is 2.28. The molecule has 0 saturated carbocycles. The minimum Gasteiger partial charge on any atom is -0.354 e. The third-order valence-electron chi connectivity index (χ3n) is 3.76. The molecule has 6 nitrogen and oxygen atoms in total. The smallest absolute Gasteiger partial charge is 0.242 e. The van der Waals surface area contributed by atoms with Crippen LogP contribution < -0.4 is 5.32 Å². The zero-order chi connectivity index (χ0) is 13.8. The van der Waals surface area contributed by atoms with Crippen molar-refractivity contribution in [2.45, 2.75) is 38.6 Å². The number of rotatable bonds is 2. The van der Waals surface area contributed by atoms with Crippen LogP contribution in [0.2, 0.25) is 0 Å². The maximum absolute atomic E-state index is 12.3. The van der Waals surface area contributed by atoms with E-state index in [1.54, 1.807) is 9.80 Å². The van der Waals surface area contributed by atoms with Gasteiger partial charge in [-0.25, -0.2) is 0 Å². The Labute approximate surface area is 113 Å². The molecule has 1 unspecified atom stereocenters. The molecule has 2 aliphatic rings. The summed E-state index contributed by atoms with van der Waals surface area (Å²) >= 11 is 0. The Kier molecular flexibility index (Phi) is 4.39. The second kappa shape index (κ2) is 6.04. The van der Waals surface area contributed by atoms with Crippen molar-refractivity contribution in [2.75, 3.05) is 26.2 Å². The van der Waals surface area contributed by atoms with Crippen LogP contribution in [0.1, 0.15) is 32.6 Å². The lowest BCUT2D eigenvalue weighted by Gasteiger charge is -2.31. The van der Waals surface area contributed by atoms with E-state index in [4.69, 9.17) is 0 Å². The van der Waals surface area contributed by atoms with Gasteiger partial charge >= 0.3 is 0 Å². The van der Waals surface area contributed by atoms with Crippen LogP contribution >= 0.6 is 0 Å². The van der Waals surface area contributed by atoms with Crippen LogP contribution in [0.15, 0.2) is 0 Å². The number of hydrogen-bond acceptors (Lipinski definition) is 3. The number of amides is 3. The molecule has 19 heavy (non-hydrogen) atoms. The first-order valence-electron chi connectivity index (χ1n) is 6.92. The molecule has 0 aromatic heterocycles. The van der Waals surface area contributed by atoms with Crippen LogP contribution in [-0.4, -0.2) is 59.7 Å². The van der Waals surface area contributed by atoms with Gasteiger partial charge in [0.25, 0.3) is 0 Å². The van der Waals surface area contributed by atoms with Crippen molar-refractivity contribution in [2.24, 2.45) is 0 Å². The van der Waals surface area contributed by atoms with Crippen molar-refractivity contribution >= 4 is 17.7 Å². The molecule has 2 fully saturated rings. The van der Waals surface area contributed by atoms with Gasteiger partial charge in [0.2, 0.25) is 17.7 Å². The van der Waals surface area contributed by atoms with Crippen LogP contribution in [0, 0.1) is 0 Å². The van der Waals surface area contributed by atoms with Gasteiger partial charge in [-0.2, -0.15) is 0 Å². The van der Waals surface area contributed by atoms with E-state index in [-0.39, 0.29) is 30.3 Å². The number of piperidine rings is 1. The highest BCUT2D eigenvalue weighted by atomic mass is 16.2. The summed E-state index contributed by atoms with van der Waals surface area (Å²) in [4.78, 5) is 38.7. The Morgan fingerprint density at radius 2 is 2.11 bits per heavy atom. The summed E-state index contributed by atoms with van der Waals surface area (Å²) in [5.41, 5.74) is 0. The Morgan fingerprint density at radius 1 is 1.32 bits per heavy atom. The molecule has 2 rings (SSSR count). The molecule has 0 spiro atoms. The predicted molar refractivity (Wildman–Crippen MR) is 69.2 cm³/mol. The number of nitrogens with one attached hydrogen (secondary N) is 1. The van der Waals surface area contributed by atoms with E-state index in [1.807, 2.05) is 6.92 Å². The summed E-state index contributed by atoms with van der Waals surface area (Å²) in [6.07, 6.45) is 2.76. The molecule has 2 saturated heterocycles. The van der Waals surface area contributed by atoms with Crippen molar-refractivity contribution in [3.8, 4) is 0 Å². The minimum absolute atomic E-state index is 0.0168. The Bertz CT molecular complexity index is 383. The SMILES string of the molecule is CC1CC(=O)NCCN1C(=O)CN1CCCCC1=O. The third-order valence-corrected chi connectivity index (χ3v) is 3.76. The van der Waals surface area contributed by atoms with Crippen LogP contribution in [0.5, 0.6) is 0 Å². The molecule has 3 amide bonds. The maximum atomic E-state index is 12.3. The quantitative estimate of drug-likeness (QED) is 0.749. The van der Waals surface area contributed by atoms with Crippen molar-refractivity contribution in [3.05, 3.63) is 0 Å². The molecule has 1 atom stereocenters. The van der Waals surface area contributed by atoms with Gasteiger partial charge in [-0.3, -0.25) is 14.4 Å². The Hall–Kier alpha value is -1.59. The fraction of sp³-hybridized carbons (Fsp3) is 0.769. The topological polar surface area (TPSA) is 69.7 Å². The van der Waals surface area contributed by atoms with E-state index in [9.17, 15) is 14.4 Å². The Morgan fingerprint density at radius 3 is 2.84 bits per heavy atom. The number of likely N-dealkylation sites (tertiary alicyclic amines) is 1. The van der Waals surface area contributed by atoms with Gasteiger partial charge in [0.05, 0.1) is 6.54 Å². The lowest BCUT2D eigenvalue weighted by molar-refractivity contribution is -0.143. The fourth-order valence-corrected chi connectivity index (χ4v) is 2.64. The van der Waals surface area contributed by atoms with Gasteiger partial charge in [0, 0.05) is 38.5 Å². The molecule has 106 valence electrons. The molecule has 0 aliphatic carbocycles. The number of nitrogens with zero attached hydrogens (tertiary/aromatic N) is 2. The molecule has 1 N–H and O–H groups in total. The minimum atomic E-state index is -0.102. The van der Waals surface area contributed by atoms with E-state index in [0.29, 0.717) is 32.5 Å². The van der Waals surface area contributed by atoms with E-state index in [2.05, 4.69) is 5.32 Å². The molecule has 2 aliphatic heterocycles. The second-order valence-corrected chi connectivity index (χ2v) is 5.26. The average Bonchev–Trinajstić information content (AvgIpc) is 2.53. The number of hydrogen-bond donors (Lipinski definition) is 1. The number of carbonyl (C=O) groups is 3. The molecular formula is C13H21N3O3. The van der Waals surface area contributed by atoms with Gasteiger partial charge in [-0.05, 0) is 19.8 Å². The predicted octanol–water partition coefficient (Wildman–Crippen LogP) is -0.264. The lowest BCUT2D eigenvalue weighted by atomic mass is 10.1. The van der Waals surface area contributed by atoms with Crippen LogP contribution in [0.3, 0.4) is 0 Å². The lowest BCUT2D eigenvalue weighted by Crippen LogP contribution is -2.48. The maximum Gasteiger partial charge on any atom is 0.242 e. The zero-order valence-electron chi connectivity index (χ0n) is 11.4. The highest BCUT2D eigenvalue weighted by molar-refractivity contribution is 5.86. The van der Waals surface area contributed by atoms with Crippen LogP contribution in [0.4, 0.5) is 0 Å². The zero-order valence-corrected chi connectivity index (χ0v) is 11.4. The average molecular weight is 267 g/mol. The van der Waals surface area contributed by atoms with Gasteiger partial charge in [0.15, 0.2) is 0 Å². The van der Waals surface area contributed by atoms with Crippen molar-refractivity contribution in [1.82, 2.24) is 15.1 Å². The van der Waals surface area contributed by atoms with E-state index >= 15 is 0 Å². The largest absolute Gasteiger partial charge is 0.354 e. The molecule has 0 bridgehead atoms. The molecule has 0 aromatic carbocycles. The first kappa shape index (κ1) is 13.8. The summed E-state index contributed by atoms with van der Waals surface area (Å²) in [6, 6.07) is -0.102. The summed E-state index contributed by atoms with van der Waals surface area (Å²) in [7, 11) is 0. The van der Waals surface area contributed by atoms with Crippen LogP contribution in [-0.2, 0) is 14.4 Å². The highest BCUT2D eigenvalue weighted by Crippen LogP contribution is 2.12. The molecule has 0 aromatic rings. The first-order valence-corrected chi connectivity index (χ1v) is 6.92. The monoisotopic (exact) mass is 267 g/mol. The molecule has 2 heterocycles. The van der Waals surface area contributed by atoms with Gasteiger partial charge in [-0.1, -0.05) is 0 Å². The summed E-state index contributed by atoms with van der Waals surface area (Å²) in [5.74, 6) is -0.00706. The van der Waals surface area contributed by atoms with Crippen molar-refractivity contribution < 1.29 is 14.4 Å². The standard InChI is InChI=1S/C13H21N3O3/c1-10-8-11(17)14-5-7-16(10)13(19)9-15-6-3-2-4-12(15)18/h10H,2-9H2,1H3,(H,14,17). The van der Waals surface area contributed by atoms with Gasteiger partial charge in [-0.15, -0.1) is 0 Å². The Balaban J connectivity index is 1.94. The second-order valence-electron chi connectivity index (χ2n) is 5.26. The van der Waals surface area contributed by atoms with E-state index < -0.39 is 0 Å². The van der Waals surface area contributed by atoms with Crippen molar-refractivity contribution in [3.63, 3.8) is 0 Å². The third kappa shape index (κ3) is 3.45. The van der Waals surface area contributed by atoms with Crippen molar-refractivity contribution in [1.29, 1.82) is 0 Å². The molecule has 6 heteroatoms. The number of carbonyl (C=O) groups excluding carboxylic acids is 3. The summed E-state index contributed by atoms with van der Waals surface area (Å²) in [6.45, 7) is 3.71. The van der Waals surface area contributed by atoms with E-state index in [1.165, 1.54) is 0 Å². The fourth-order valence-electron chi connectivity index (χ4n) is 2.64. The van der Waals surface area contributed by atoms with E-state index in [0.717, 1.165) is 12.8 Å². The molecular weight excluding hydrogens is 246 g/mol. The molecule has 0 radical (unpaired) electrons. The summed E-state index contributed by atoms with van der Waals surface area (Å²) in [5, 5.41) is 2.76. The summed E-state index contributed by atoms with van der Waals surface area (Å²) < 4.78 is 0. The normalized spacial score (nSPS) is 25.0. The first-order chi connectivity index (χ1) is 9.08. The van der Waals surface area contributed by atoms with Gasteiger partial charge < -0.3 is 15.1 Å².